The zero-order valence-electron chi connectivity index (χ0n) is 11.8. The molecule has 0 unspecified atom stereocenters. The second kappa shape index (κ2) is 9.58. The molecule has 0 heterocycles. The summed E-state index contributed by atoms with van der Waals surface area (Å²) >= 11 is 0. The SMILES string of the molecule is CCCCCCc1ccc(OC(C)=O)c(S(=O)(=O)O)c1.[NaH]. The third-order valence-electron chi connectivity index (χ3n) is 2.86. The molecule has 0 aromatic heterocycles. The summed E-state index contributed by atoms with van der Waals surface area (Å²) in [5.74, 6) is -0.775. The standard InChI is InChI=1S/C14H20O5S.Na.H/c1-3-4-5-6-7-12-8-9-13(19-11(2)15)14(10-12)20(16,17)18;;/h8-10H,3-7H2,1-2H3,(H,16,17,18);;. The molecular formula is C14H21NaO5S. The van der Waals surface area contributed by atoms with E-state index in [4.69, 9.17) is 4.74 Å². The molecule has 0 saturated carbocycles. The topological polar surface area (TPSA) is 80.7 Å². The number of rotatable bonds is 7. The van der Waals surface area contributed by atoms with Crippen molar-refractivity contribution in [2.75, 3.05) is 0 Å². The van der Waals surface area contributed by atoms with Gasteiger partial charge in [-0.05, 0) is 30.5 Å². The van der Waals surface area contributed by atoms with Crippen LogP contribution in [0.4, 0.5) is 0 Å². The van der Waals surface area contributed by atoms with Gasteiger partial charge in [0.2, 0.25) is 0 Å². The van der Waals surface area contributed by atoms with E-state index < -0.39 is 16.1 Å². The fourth-order valence-electron chi connectivity index (χ4n) is 1.90. The van der Waals surface area contributed by atoms with Gasteiger partial charge < -0.3 is 4.74 Å². The molecule has 1 aromatic carbocycles. The van der Waals surface area contributed by atoms with Crippen molar-refractivity contribution in [3.8, 4) is 5.75 Å². The van der Waals surface area contributed by atoms with Gasteiger partial charge in [-0.3, -0.25) is 9.35 Å². The van der Waals surface area contributed by atoms with Gasteiger partial charge in [0.15, 0.2) is 5.75 Å². The van der Waals surface area contributed by atoms with Gasteiger partial charge in [-0.1, -0.05) is 32.3 Å². The molecule has 1 rings (SSSR count). The second-order valence-electron chi connectivity index (χ2n) is 4.66. The van der Waals surface area contributed by atoms with E-state index in [0.29, 0.717) is 0 Å². The maximum atomic E-state index is 11.3. The van der Waals surface area contributed by atoms with E-state index >= 15 is 0 Å². The van der Waals surface area contributed by atoms with E-state index in [2.05, 4.69) is 6.92 Å². The van der Waals surface area contributed by atoms with Crippen molar-refractivity contribution in [1.82, 2.24) is 0 Å². The molecule has 0 atom stereocenters. The van der Waals surface area contributed by atoms with Gasteiger partial charge >= 0.3 is 35.5 Å². The third-order valence-corrected chi connectivity index (χ3v) is 3.73. The van der Waals surface area contributed by atoms with Gasteiger partial charge in [0.1, 0.15) is 4.90 Å². The Morgan fingerprint density at radius 1 is 1.24 bits per heavy atom. The van der Waals surface area contributed by atoms with Crippen LogP contribution in [-0.2, 0) is 21.3 Å². The van der Waals surface area contributed by atoms with Crippen LogP contribution in [0.15, 0.2) is 23.1 Å². The van der Waals surface area contributed by atoms with Crippen molar-refractivity contribution in [3.05, 3.63) is 23.8 Å². The summed E-state index contributed by atoms with van der Waals surface area (Å²) in [6.45, 7) is 3.29. The molecule has 0 aliphatic heterocycles. The molecule has 0 amide bonds. The van der Waals surface area contributed by atoms with Gasteiger partial charge in [0, 0.05) is 6.92 Å². The molecule has 0 bridgehead atoms. The van der Waals surface area contributed by atoms with Crippen LogP contribution in [0.2, 0.25) is 0 Å². The first-order valence-corrected chi connectivity index (χ1v) is 8.07. The van der Waals surface area contributed by atoms with Crippen LogP contribution in [0.25, 0.3) is 0 Å². The number of hydrogen-bond acceptors (Lipinski definition) is 4. The molecule has 1 aromatic rings. The Morgan fingerprint density at radius 2 is 1.90 bits per heavy atom. The van der Waals surface area contributed by atoms with Crippen molar-refractivity contribution in [3.63, 3.8) is 0 Å². The molecule has 1 N–H and O–H groups in total. The molecule has 0 saturated heterocycles. The van der Waals surface area contributed by atoms with Crippen molar-refractivity contribution < 1.29 is 22.5 Å². The predicted octanol–water partition coefficient (Wildman–Crippen LogP) is 2.33. The summed E-state index contributed by atoms with van der Waals surface area (Å²) in [4.78, 5) is 10.6. The molecule has 5 nitrogen and oxygen atoms in total. The van der Waals surface area contributed by atoms with Crippen LogP contribution in [0, 0.1) is 0 Å². The van der Waals surface area contributed by atoms with E-state index in [9.17, 15) is 17.8 Å². The zero-order chi connectivity index (χ0) is 15.2. The first kappa shape index (κ1) is 20.6. The average molecular weight is 324 g/mol. The molecule has 21 heavy (non-hydrogen) atoms. The fraction of sp³-hybridized carbons (Fsp3) is 0.500. The third kappa shape index (κ3) is 7.42. The van der Waals surface area contributed by atoms with Crippen LogP contribution < -0.4 is 4.74 Å². The number of unbranched alkanes of at least 4 members (excludes halogenated alkanes) is 3. The number of hydrogen-bond donors (Lipinski definition) is 1. The summed E-state index contributed by atoms with van der Waals surface area (Å²) in [6, 6.07) is 4.47. The molecule has 7 heteroatoms. The summed E-state index contributed by atoms with van der Waals surface area (Å²) < 4.78 is 36.6. The number of esters is 1. The van der Waals surface area contributed by atoms with Gasteiger partial charge in [0.05, 0.1) is 0 Å². The molecule has 0 aliphatic carbocycles. The molecular weight excluding hydrogens is 303 g/mol. The van der Waals surface area contributed by atoms with Crippen molar-refractivity contribution >= 4 is 45.6 Å². The second-order valence-corrected chi connectivity index (χ2v) is 6.05. The number of carbonyl (C=O) groups excluding carboxylic acids is 1. The summed E-state index contributed by atoms with van der Waals surface area (Å²) in [6.07, 6.45) is 5.01. The van der Waals surface area contributed by atoms with E-state index in [-0.39, 0.29) is 40.2 Å². The minimum absolute atomic E-state index is 0. The first-order chi connectivity index (χ1) is 9.34. The summed E-state index contributed by atoms with van der Waals surface area (Å²) in [5, 5.41) is 0. The van der Waals surface area contributed by atoms with Gasteiger partial charge in [-0.2, -0.15) is 8.42 Å². The van der Waals surface area contributed by atoms with Crippen LogP contribution in [-0.4, -0.2) is 48.5 Å². The summed E-state index contributed by atoms with van der Waals surface area (Å²) in [7, 11) is -4.41. The Bertz CT molecular complexity index is 569. The predicted molar refractivity (Wildman–Crippen MR) is 82.6 cm³/mol. The Balaban J connectivity index is 0.00000400. The number of aryl methyl sites for hydroxylation is 1. The normalized spacial score (nSPS) is 10.8. The number of benzene rings is 1. The monoisotopic (exact) mass is 324 g/mol. The van der Waals surface area contributed by atoms with Crippen LogP contribution in [0.5, 0.6) is 5.75 Å². The van der Waals surface area contributed by atoms with E-state index in [0.717, 1.165) is 37.7 Å². The molecule has 114 valence electrons. The van der Waals surface area contributed by atoms with Crippen molar-refractivity contribution in [1.29, 1.82) is 0 Å². The number of ether oxygens (including phenoxy) is 1. The molecule has 0 spiro atoms. The Labute approximate surface area is 148 Å². The maximum absolute atomic E-state index is 11.3. The first-order valence-electron chi connectivity index (χ1n) is 6.63. The Morgan fingerprint density at radius 3 is 2.43 bits per heavy atom. The van der Waals surface area contributed by atoms with Crippen LogP contribution >= 0.6 is 0 Å². The quantitative estimate of drug-likeness (QED) is 0.274. The van der Waals surface area contributed by atoms with Gasteiger partial charge in [-0.25, -0.2) is 0 Å². The molecule has 0 fully saturated rings. The average Bonchev–Trinajstić information content (AvgIpc) is 2.34. The Kier molecular flexibility index (Phi) is 9.40. The van der Waals surface area contributed by atoms with Crippen molar-refractivity contribution in [2.24, 2.45) is 0 Å². The van der Waals surface area contributed by atoms with Crippen LogP contribution in [0.1, 0.15) is 45.1 Å². The van der Waals surface area contributed by atoms with Crippen molar-refractivity contribution in [2.45, 2.75) is 50.8 Å². The molecule has 0 radical (unpaired) electrons. The van der Waals surface area contributed by atoms with E-state index in [1.165, 1.54) is 19.1 Å². The van der Waals surface area contributed by atoms with Gasteiger partial charge in [0.25, 0.3) is 10.1 Å². The van der Waals surface area contributed by atoms with E-state index in [1.54, 1.807) is 6.07 Å². The fourth-order valence-corrected chi connectivity index (χ4v) is 2.57. The number of carbonyl (C=O) groups is 1. The minimum atomic E-state index is -4.41. The van der Waals surface area contributed by atoms with Crippen LogP contribution in [0.3, 0.4) is 0 Å². The van der Waals surface area contributed by atoms with Gasteiger partial charge in [-0.15, -0.1) is 0 Å². The molecule has 0 aliphatic rings. The summed E-state index contributed by atoms with van der Waals surface area (Å²) in [5.41, 5.74) is 0.796. The van der Waals surface area contributed by atoms with E-state index in [1.807, 2.05) is 0 Å². The zero-order valence-corrected chi connectivity index (χ0v) is 12.6. The Hall–Kier alpha value is -0.400.